The zero-order valence-electron chi connectivity index (χ0n) is 20.2. The number of carbonyl (C=O) groups is 3. The number of amides is 3. The van der Waals surface area contributed by atoms with Gasteiger partial charge in [0.15, 0.2) is 18.1 Å². The third kappa shape index (κ3) is 7.74. The van der Waals surface area contributed by atoms with Crippen molar-refractivity contribution in [2.75, 3.05) is 24.4 Å². The fourth-order valence-electron chi connectivity index (χ4n) is 3.22. The van der Waals surface area contributed by atoms with Crippen LogP contribution < -0.4 is 25.5 Å². The number of hydrazone groups is 1. The number of methoxy groups -OCH3 is 1. The van der Waals surface area contributed by atoms with E-state index in [2.05, 4.69) is 21.2 Å². The molecule has 0 saturated carbocycles. The van der Waals surface area contributed by atoms with Gasteiger partial charge in [-0.15, -0.1) is 0 Å². The maximum absolute atomic E-state index is 13.0. The molecule has 0 aromatic heterocycles. The van der Waals surface area contributed by atoms with Crippen molar-refractivity contribution in [3.8, 4) is 11.5 Å². The van der Waals surface area contributed by atoms with E-state index in [1.54, 1.807) is 12.1 Å². The van der Waals surface area contributed by atoms with E-state index in [-0.39, 0.29) is 6.61 Å². The maximum Gasteiger partial charge on any atom is 0.329 e. The van der Waals surface area contributed by atoms with Crippen LogP contribution in [-0.4, -0.2) is 37.7 Å². The molecule has 0 atom stereocenters. The molecule has 0 aliphatic heterocycles. The maximum atomic E-state index is 13.0. The molecule has 0 bridgehead atoms. The van der Waals surface area contributed by atoms with Crippen LogP contribution >= 0.6 is 22.6 Å². The zero-order valence-corrected chi connectivity index (χ0v) is 22.4. The van der Waals surface area contributed by atoms with Crippen LogP contribution in [0, 0.1) is 23.2 Å². The fraction of sp³-hybridized carbons (Fsp3) is 0.154. The number of anilines is 2. The van der Waals surface area contributed by atoms with Gasteiger partial charge in [0.1, 0.15) is 5.82 Å². The quantitative estimate of drug-likeness (QED) is 0.152. The standard InChI is InChI=1S/C26H24FIN4O5/c1-15-5-4-6-16(2)23(15)31-25(34)26(35)32-29-13-17-11-20(28)24(21(12-17)36-3)37-14-22(33)30-19-9-7-18(27)8-10-19/h4-13H,14H2,1-3H3,(H,30,33)(H,31,34)(H,32,35)/b29-13-. The highest BCUT2D eigenvalue weighted by Gasteiger charge is 2.16. The molecule has 0 spiro atoms. The van der Waals surface area contributed by atoms with E-state index in [4.69, 9.17) is 9.47 Å². The van der Waals surface area contributed by atoms with Gasteiger partial charge in [-0.1, -0.05) is 18.2 Å². The highest BCUT2D eigenvalue weighted by molar-refractivity contribution is 14.1. The molecule has 0 radical (unpaired) electrons. The summed E-state index contributed by atoms with van der Waals surface area (Å²) >= 11 is 2.01. The molecule has 3 amide bonds. The molecule has 3 rings (SSSR count). The molecular formula is C26H24FIN4O5. The minimum absolute atomic E-state index is 0.303. The summed E-state index contributed by atoms with van der Waals surface area (Å²) < 4.78 is 24.6. The van der Waals surface area contributed by atoms with E-state index in [9.17, 15) is 18.8 Å². The summed E-state index contributed by atoms with van der Waals surface area (Å²) in [7, 11) is 1.44. The Morgan fingerprint density at radius 2 is 1.68 bits per heavy atom. The molecule has 0 fully saturated rings. The van der Waals surface area contributed by atoms with Crippen molar-refractivity contribution >= 4 is 57.9 Å². The SMILES string of the molecule is COc1cc(/C=N\NC(=O)C(=O)Nc2c(C)cccc2C)cc(I)c1OCC(=O)Nc1ccc(F)cc1. The van der Waals surface area contributed by atoms with Gasteiger partial charge < -0.3 is 20.1 Å². The number of benzene rings is 3. The van der Waals surface area contributed by atoms with Gasteiger partial charge in [0.05, 0.1) is 16.9 Å². The van der Waals surface area contributed by atoms with Crippen LogP contribution in [0.15, 0.2) is 59.7 Å². The summed E-state index contributed by atoms with van der Waals surface area (Å²) in [6, 6.07) is 14.2. The Bertz CT molecular complexity index is 1330. The number of hydrogen-bond donors (Lipinski definition) is 3. The predicted molar refractivity (Wildman–Crippen MR) is 147 cm³/mol. The summed E-state index contributed by atoms with van der Waals surface area (Å²) in [4.78, 5) is 36.6. The first kappa shape index (κ1) is 27.6. The van der Waals surface area contributed by atoms with Gasteiger partial charge in [0, 0.05) is 11.4 Å². The molecule has 0 aliphatic carbocycles. The molecule has 3 aromatic rings. The lowest BCUT2D eigenvalue weighted by Crippen LogP contribution is -2.32. The summed E-state index contributed by atoms with van der Waals surface area (Å²) in [6.07, 6.45) is 1.35. The predicted octanol–water partition coefficient (Wildman–Crippen LogP) is 4.16. The highest BCUT2D eigenvalue weighted by Crippen LogP contribution is 2.33. The number of carbonyl (C=O) groups excluding carboxylic acids is 3. The normalized spacial score (nSPS) is 10.6. The number of halogens is 2. The Labute approximate surface area is 226 Å². The number of ether oxygens (including phenoxy) is 2. The molecule has 192 valence electrons. The van der Waals surface area contributed by atoms with Crippen molar-refractivity contribution in [2.45, 2.75) is 13.8 Å². The van der Waals surface area contributed by atoms with Gasteiger partial charge in [-0.05, 0) is 89.5 Å². The van der Waals surface area contributed by atoms with Crippen LogP contribution in [0.25, 0.3) is 0 Å². The molecule has 0 heterocycles. The van der Waals surface area contributed by atoms with Crippen LogP contribution in [0.3, 0.4) is 0 Å². The largest absolute Gasteiger partial charge is 0.493 e. The minimum Gasteiger partial charge on any atom is -0.493 e. The third-order valence-electron chi connectivity index (χ3n) is 5.03. The first-order chi connectivity index (χ1) is 17.7. The Balaban J connectivity index is 1.59. The van der Waals surface area contributed by atoms with Gasteiger partial charge in [0.2, 0.25) is 0 Å². The molecule has 37 heavy (non-hydrogen) atoms. The number of nitrogens with zero attached hydrogens (tertiary/aromatic N) is 1. The van der Waals surface area contributed by atoms with E-state index in [0.29, 0.717) is 32.0 Å². The van der Waals surface area contributed by atoms with Gasteiger partial charge in [-0.2, -0.15) is 5.10 Å². The number of aryl methyl sites for hydroxylation is 2. The monoisotopic (exact) mass is 618 g/mol. The first-order valence-electron chi connectivity index (χ1n) is 10.9. The zero-order chi connectivity index (χ0) is 26.9. The summed E-state index contributed by atoms with van der Waals surface area (Å²) in [5.41, 5.74) is 5.44. The lowest BCUT2D eigenvalue weighted by atomic mass is 10.1. The molecule has 0 aliphatic rings. The van der Waals surface area contributed by atoms with E-state index < -0.39 is 23.5 Å². The van der Waals surface area contributed by atoms with Gasteiger partial charge in [-0.25, -0.2) is 9.82 Å². The van der Waals surface area contributed by atoms with E-state index in [1.807, 2.05) is 54.6 Å². The summed E-state index contributed by atoms with van der Waals surface area (Å²) in [6.45, 7) is 3.36. The first-order valence-corrected chi connectivity index (χ1v) is 12.0. The Hall–Kier alpha value is -4.00. The molecule has 9 nitrogen and oxygen atoms in total. The lowest BCUT2D eigenvalue weighted by Gasteiger charge is -2.13. The second-order valence-electron chi connectivity index (χ2n) is 7.80. The molecule has 3 aromatic carbocycles. The third-order valence-corrected chi connectivity index (χ3v) is 5.83. The lowest BCUT2D eigenvalue weighted by molar-refractivity contribution is -0.136. The van der Waals surface area contributed by atoms with Crippen molar-refractivity contribution < 1.29 is 28.2 Å². The van der Waals surface area contributed by atoms with Gasteiger partial charge in [-0.3, -0.25) is 14.4 Å². The van der Waals surface area contributed by atoms with Crippen molar-refractivity contribution in [3.05, 3.63) is 80.7 Å². The smallest absolute Gasteiger partial charge is 0.329 e. The molecule has 3 N–H and O–H groups in total. The Kier molecular flexibility index (Phi) is 9.55. The summed E-state index contributed by atoms with van der Waals surface area (Å²) in [5, 5.41) is 9.05. The number of para-hydroxylation sites is 1. The van der Waals surface area contributed by atoms with Crippen LogP contribution in [-0.2, 0) is 14.4 Å². The number of hydrogen-bond acceptors (Lipinski definition) is 6. The number of rotatable bonds is 8. The van der Waals surface area contributed by atoms with Crippen LogP contribution in [0.1, 0.15) is 16.7 Å². The Morgan fingerprint density at radius 1 is 1.00 bits per heavy atom. The van der Waals surface area contributed by atoms with Gasteiger partial charge in [0.25, 0.3) is 5.91 Å². The molecule has 0 saturated heterocycles. The van der Waals surface area contributed by atoms with Crippen LogP contribution in [0.5, 0.6) is 11.5 Å². The van der Waals surface area contributed by atoms with Gasteiger partial charge >= 0.3 is 11.8 Å². The average molecular weight is 618 g/mol. The second-order valence-corrected chi connectivity index (χ2v) is 8.96. The average Bonchev–Trinajstić information content (AvgIpc) is 2.86. The Morgan fingerprint density at radius 3 is 2.32 bits per heavy atom. The van der Waals surface area contributed by atoms with Crippen molar-refractivity contribution in [3.63, 3.8) is 0 Å². The number of nitrogens with one attached hydrogen (secondary N) is 3. The van der Waals surface area contributed by atoms with E-state index in [0.717, 1.165) is 11.1 Å². The van der Waals surface area contributed by atoms with E-state index >= 15 is 0 Å². The fourth-order valence-corrected chi connectivity index (χ4v) is 4.00. The van der Waals surface area contributed by atoms with Crippen molar-refractivity contribution in [1.29, 1.82) is 0 Å². The van der Waals surface area contributed by atoms with Crippen LogP contribution in [0.4, 0.5) is 15.8 Å². The second kappa shape index (κ2) is 12.8. The molecular weight excluding hydrogens is 594 g/mol. The van der Waals surface area contributed by atoms with Crippen molar-refractivity contribution in [2.24, 2.45) is 5.10 Å². The topological polar surface area (TPSA) is 118 Å². The molecule has 11 heteroatoms. The van der Waals surface area contributed by atoms with Crippen molar-refractivity contribution in [1.82, 2.24) is 5.43 Å². The van der Waals surface area contributed by atoms with E-state index in [1.165, 1.54) is 37.6 Å². The highest BCUT2D eigenvalue weighted by atomic mass is 127. The molecule has 0 unspecified atom stereocenters. The van der Waals surface area contributed by atoms with Crippen LogP contribution in [0.2, 0.25) is 0 Å². The minimum atomic E-state index is -0.923. The summed E-state index contributed by atoms with van der Waals surface area (Å²) in [5.74, 6) is -1.93.